The zero-order valence-electron chi connectivity index (χ0n) is 31.5. The lowest BCUT2D eigenvalue weighted by Crippen LogP contribution is -2.61. The Morgan fingerprint density at radius 2 is 1.77 bits per heavy atom. The van der Waals surface area contributed by atoms with Crippen LogP contribution in [0.4, 0.5) is 4.79 Å². The summed E-state index contributed by atoms with van der Waals surface area (Å²) in [4.78, 5) is 78.6. The molecule has 5 amide bonds. The third kappa shape index (κ3) is 9.24. The van der Waals surface area contributed by atoms with Crippen molar-refractivity contribution in [1.82, 2.24) is 45.9 Å². The summed E-state index contributed by atoms with van der Waals surface area (Å²) < 4.78 is 8.94. The van der Waals surface area contributed by atoms with E-state index >= 15 is 0 Å². The molecule has 4 heterocycles. The number of carbonyl (C=O) groups is 5. The highest BCUT2D eigenvalue weighted by Gasteiger charge is 2.47. The maximum absolute atomic E-state index is 14.5. The van der Waals surface area contributed by atoms with Crippen LogP contribution in [0.2, 0.25) is 0 Å². The van der Waals surface area contributed by atoms with E-state index in [9.17, 15) is 24.0 Å². The van der Waals surface area contributed by atoms with E-state index in [0.29, 0.717) is 34.0 Å². The van der Waals surface area contributed by atoms with E-state index in [1.165, 1.54) is 16.2 Å². The average molecular weight is 738 g/mol. The highest BCUT2D eigenvalue weighted by atomic mass is 32.1. The fourth-order valence-electron chi connectivity index (χ4n) is 6.17. The van der Waals surface area contributed by atoms with Gasteiger partial charge in [-0.15, -0.1) is 11.3 Å². The molecular weight excluding hydrogens is 687 g/mol. The second kappa shape index (κ2) is 15.2. The number of urea groups is 1. The standard InChI is InChI=1S/C36H51N9O6S/c1-10-11-22(26(46)31(48)37-20-12-13-20)39-30(47)25-17-21(18-45(25)33(49)28(35(3,4)5)40-34(50)42-36(6,7)8)51-32-27-23(14-15-52-27)38-29(41-32)24-16-19(2)43-44(24)9/h14-16,20-22,25,28H,10-13,17-18H2,1-9H3,(H,37,48)(H,39,47)(H2,40,42,50)/t21-,22+,25+,28-/m1/s1. The summed E-state index contributed by atoms with van der Waals surface area (Å²) in [5, 5.41) is 17.5. The van der Waals surface area contributed by atoms with Crippen molar-refractivity contribution >= 4 is 51.1 Å². The molecule has 52 heavy (non-hydrogen) atoms. The summed E-state index contributed by atoms with van der Waals surface area (Å²) >= 11 is 1.41. The zero-order valence-corrected chi connectivity index (χ0v) is 32.3. The molecule has 0 unspecified atom stereocenters. The molecule has 5 rings (SSSR count). The number of carbonyl (C=O) groups excluding carboxylic acids is 5. The molecule has 3 aromatic rings. The number of amides is 5. The minimum Gasteiger partial charge on any atom is -0.471 e. The molecule has 2 fully saturated rings. The van der Waals surface area contributed by atoms with Crippen LogP contribution in [0.1, 0.15) is 86.3 Å². The fourth-order valence-corrected chi connectivity index (χ4v) is 6.94. The van der Waals surface area contributed by atoms with Gasteiger partial charge in [-0.05, 0) is 69.9 Å². The first-order chi connectivity index (χ1) is 24.3. The van der Waals surface area contributed by atoms with Gasteiger partial charge in [0.05, 0.1) is 23.8 Å². The van der Waals surface area contributed by atoms with Crippen molar-refractivity contribution < 1.29 is 28.7 Å². The Morgan fingerprint density at radius 3 is 2.37 bits per heavy atom. The maximum atomic E-state index is 14.5. The number of fused-ring (bicyclic) bond motifs is 1. The van der Waals surface area contributed by atoms with Crippen LogP contribution >= 0.6 is 11.3 Å². The van der Waals surface area contributed by atoms with Gasteiger partial charge in [-0.25, -0.2) is 9.78 Å². The maximum Gasteiger partial charge on any atom is 0.315 e. The van der Waals surface area contributed by atoms with Gasteiger partial charge in [0.1, 0.15) is 28.6 Å². The molecule has 0 aromatic carbocycles. The van der Waals surface area contributed by atoms with Gasteiger partial charge < -0.3 is 30.9 Å². The van der Waals surface area contributed by atoms with E-state index < -0.39 is 64.7 Å². The molecule has 15 nitrogen and oxygen atoms in total. The van der Waals surface area contributed by atoms with Gasteiger partial charge in [0.15, 0.2) is 5.82 Å². The molecule has 1 aliphatic carbocycles. The van der Waals surface area contributed by atoms with Gasteiger partial charge in [-0.2, -0.15) is 10.1 Å². The van der Waals surface area contributed by atoms with Gasteiger partial charge in [0, 0.05) is 25.0 Å². The summed E-state index contributed by atoms with van der Waals surface area (Å²) in [6.45, 7) is 14.7. The smallest absolute Gasteiger partial charge is 0.315 e. The predicted octanol–water partition coefficient (Wildman–Crippen LogP) is 3.39. The Bertz CT molecular complexity index is 1840. The van der Waals surface area contributed by atoms with Crippen LogP contribution in [0, 0.1) is 12.3 Å². The minimum atomic E-state index is -1.08. The first kappa shape index (κ1) is 38.6. The molecule has 0 radical (unpaired) electrons. The van der Waals surface area contributed by atoms with Gasteiger partial charge in [0.25, 0.3) is 5.91 Å². The third-order valence-corrected chi connectivity index (χ3v) is 9.75. The largest absolute Gasteiger partial charge is 0.471 e. The number of thiophene rings is 1. The van der Waals surface area contributed by atoms with Crippen molar-refractivity contribution in [2.45, 2.75) is 123 Å². The van der Waals surface area contributed by atoms with Crippen molar-refractivity contribution in [2.75, 3.05) is 6.54 Å². The molecule has 4 atom stereocenters. The van der Waals surface area contributed by atoms with Crippen LogP contribution in [0.3, 0.4) is 0 Å². The zero-order chi connectivity index (χ0) is 38.1. The van der Waals surface area contributed by atoms with E-state index in [4.69, 9.17) is 14.7 Å². The second-order valence-corrected chi connectivity index (χ2v) is 16.8. The lowest BCUT2D eigenvalue weighted by molar-refractivity contribution is -0.144. The summed E-state index contributed by atoms with van der Waals surface area (Å²) in [6, 6.07) is 0.0307. The van der Waals surface area contributed by atoms with Crippen LogP contribution in [0.25, 0.3) is 21.7 Å². The number of aryl methyl sites for hydroxylation is 2. The normalized spacial score (nSPS) is 18.8. The molecule has 16 heteroatoms. The number of ether oxygens (including phenoxy) is 1. The van der Waals surface area contributed by atoms with Crippen LogP contribution in [0.5, 0.6) is 5.88 Å². The summed E-state index contributed by atoms with van der Waals surface area (Å²) in [5.74, 6) is -1.81. The fraction of sp³-hybridized carbons (Fsp3) is 0.611. The SMILES string of the molecule is CCC[C@H](NC(=O)[C@@H]1C[C@@H](Oc2nc(-c3cc(C)nn3C)nc3ccsc23)CN1C(=O)[C@@H](NC(=O)NC(C)(C)C)C(C)(C)C)C(=O)C(=O)NC1CC1. The number of hydrogen-bond acceptors (Lipinski definition) is 10. The Morgan fingerprint density at radius 1 is 1.06 bits per heavy atom. The van der Waals surface area contributed by atoms with E-state index in [2.05, 4.69) is 26.4 Å². The number of ketones is 1. The number of hydrogen-bond donors (Lipinski definition) is 4. The summed E-state index contributed by atoms with van der Waals surface area (Å²) in [5.41, 5.74) is 0.863. The van der Waals surface area contributed by atoms with Crippen LogP contribution in [-0.2, 0) is 26.2 Å². The van der Waals surface area contributed by atoms with Crippen LogP contribution in [-0.4, -0.2) is 96.5 Å². The second-order valence-electron chi connectivity index (χ2n) is 15.9. The third-order valence-electron chi connectivity index (χ3n) is 8.85. The van der Waals surface area contributed by atoms with Crippen LogP contribution < -0.4 is 26.0 Å². The van der Waals surface area contributed by atoms with Gasteiger partial charge in [-0.1, -0.05) is 34.1 Å². The Balaban J connectivity index is 1.46. The molecule has 3 aromatic heterocycles. The van der Waals surface area contributed by atoms with Crippen LogP contribution in [0.15, 0.2) is 17.5 Å². The number of rotatable bonds is 12. The van der Waals surface area contributed by atoms with E-state index in [0.717, 1.165) is 18.5 Å². The van der Waals surface area contributed by atoms with Gasteiger partial charge >= 0.3 is 6.03 Å². The molecule has 4 N–H and O–H groups in total. The highest BCUT2D eigenvalue weighted by molar-refractivity contribution is 7.17. The molecule has 1 saturated heterocycles. The Hall–Kier alpha value is -4.60. The predicted molar refractivity (Wildman–Crippen MR) is 197 cm³/mol. The molecule has 0 spiro atoms. The van der Waals surface area contributed by atoms with Gasteiger partial charge in [0.2, 0.25) is 23.5 Å². The summed E-state index contributed by atoms with van der Waals surface area (Å²) in [6.07, 6.45) is 1.79. The summed E-state index contributed by atoms with van der Waals surface area (Å²) in [7, 11) is 1.81. The number of nitrogens with one attached hydrogen (secondary N) is 4. The van der Waals surface area contributed by atoms with Crippen molar-refractivity contribution in [1.29, 1.82) is 0 Å². The molecule has 282 valence electrons. The molecule has 2 aliphatic rings. The monoisotopic (exact) mass is 737 g/mol. The quantitative estimate of drug-likeness (QED) is 0.202. The van der Waals surface area contributed by atoms with Gasteiger partial charge in [-0.3, -0.25) is 23.9 Å². The molecular formula is C36H51N9O6S. The molecule has 0 bridgehead atoms. The molecule has 1 aliphatic heterocycles. The number of likely N-dealkylation sites (tertiary alicyclic amines) is 1. The lowest BCUT2D eigenvalue weighted by Gasteiger charge is -2.36. The number of Topliss-reactive ketones (excluding diaryl/α,β-unsaturated/α-hetero) is 1. The van der Waals surface area contributed by atoms with E-state index in [-0.39, 0.29) is 25.4 Å². The highest BCUT2D eigenvalue weighted by Crippen LogP contribution is 2.34. The number of aromatic nitrogens is 4. The van der Waals surface area contributed by atoms with E-state index in [1.54, 1.807) is 11.7 Å². The minimum absolute atomic E-state index is 0.00233. The van der Waals surface area contributed by atoms with E-state index in [1.807, 2.05) is 72.9 Å². The topological polar surface area (TPSA) is 190 Å². The van der Waals surface area contributed by atoms with Crippen molar-refractivity contribution in [2.24, 2.45) is 12.5 Å². The van der Waals surface area contributed by atoms with Crippen molar-refractivity contribution in [3.05, 3.63) is 23.2 Å². The Kier molecular flexibility index (Phi) is 11.3. The Labute approximate surface area is 308 Å². The van der Waals surface area contributed by atoms with Crippen molar-refractivity contribution in [3.8, 4) is 17.4 Å². The first-order valence-corrected chi connectivity index (χ1v) is 18.7. The molecule has 1 saturated carbocycles. The number of nitrogens with zero attached hydrogens (tertiary/aromatic N) is 5. The average Bonchev–Trinajstić information content (AvgIpc) is 3.38. The lowest BCUT2D eigenvalue weighted by atomic mass is 9.85. The first-order valence-electron chi connectivity index (χ1n) is 17.8. The van der Waals surface area contributed by atoms with Crippen molar-refractivity contribution in [3.63, 3.8) is 0 Å².